The lowest BCUT2D eigenvalue weighted by Gasteiger charge is -2.27. The van der Waals surface area contributed by atoms with Gasteiger partial charge in [0, 0.05) is 30.6 Å². The Morgan fingerprint density at radius 3 is 2.22 bits per heavy atom. The fourth-order valence-electron chi connectivity index (χ4n) is 2.46. The number of nitrogens with zero attached hydrogens (tertiary/aromatic N) is 2. The second-order valence-electron chi connectivity index (χ2n) is 5.07. The Hall–Kier alpha value is -2.18. The quantitative estimate of drug-likeness (QED) is 0.846. The van der Waals surface area contributed by atoms with Gasteiger partial charge in [-0.1, -0.05) is 18.2 Å². The van der Waals surface area contributed by atoms with Crippen LogP contribution in [-0.2, 0) is 0 Å². The van der Waals surface area contributed by atoms with Crippen LogP contribution in [0.4, 0.5) is 18.9 Å². The smallest absolute Gasteiger partial charge is 0.146 e. The number of likely N-dealkylation sites (N-methyl/N-ethyl adjacent to an activating group) is 1. The number of hydrogen-bond donors (Lipinski definition) is 1. The molecule has 120 valence electrons. The van der Waals surface area contributed by atoms with Crippen molar-refractivity contribution in [1.29, 1.82) is 0 Å². The van der Waals surface area contributed by atoms with Crippen molar-refractivity contribution >= 4 is 23.0 Å². The van der Waals surface area contributed by atoms with Crippen molar-refractivity contribution in [2.75, 3.05) is 12.4 Å². The average molecular weight is 340 g/mol. The molecule has 23 heavy (non-hydrogen) atoms. The number of hydrogen-bond acceptors (Lipinski definition) is 3. The minimum Gasteiger partial charge on any atom is -0.362 e. The predicted octanol–water partition coefficient (Wildman–Crippen LogP) is 4.20. The van der Waals surface area contributed by atoms with Gasteiger partial charge in [0.05, 0.1) is 11.3 Å². The van der Waals surface area contributed by atoms with Gasteiger partial charge in [0.15, 0.2) is 0 Å². The lowest BCUT2D eigenvalue weighted by Crippen LogP contribution is -2.39. The highest BCUT2D eigenvalue weighted by Gasteiger charge is 2.33. The van der Waals surface area contributed by atoms with Gasteiger partial charge in [0.1, 0.15) is 23.6 Å². The fourth-order valence-corrected chi connectivity index (χ4v) is 2.65. The number of rotatable bonds is 3. The Kier molecular flexibility index (Phi) is 4.19. The molecule has 1 atom stereocenters. The van der Waals surface area contributed by atoms with E-state index >= 15 is 0 Å². The Bertz CT molecular complexity index is 746. The lowest BCUT2D eigenvalue weighted by atomic mass is 10.0. The van der Waals surface area contributed by atoms with Gasteiger partial charge in [-0.25, -0.2) is 17.7 Å². The molecule has 2 aromatic carbocycles. The molecule has 0 spiro atoms. The van der Waals surface area contributed by atoms with E-state index in [4.69, 9.17) is 11.8 Å². The van der Waals surface area contributed by atoms with Crippen LogP contribution in [-0.4, -0.2) is 22.8 Å². The SMILES string of the molecule is CN1C(Nc2ccccc2F)C(c2c(F)cccc2F)=CN1Cl. The van der Waals surface area contributed by atoms with E-state index in [9.17, 15) is 13.2 Å². The van der Waals surface area contributed by atoms with Gasteiger partial charge >= 0.3 is 0 Å². The van der Waals surface area contributed by atoms with Crippen LogP contribution < -0.4 is 5.32 Å². The fraction of sp³-hybridized carbons (Fsp3) is 0.125. The molecule has 0 radical (unpaired) electrons. The zero-order valence-corrected chi connectivity index (χ0v) is 12.9. The molecule has 2 aromatic rings. The first-order chi connectivity index (χ1) is 11.0. The van der Waals surface area contributed by atoms with Crippen LogP contribution in [0.15, 0.2) is 48.7 Å². The molecule has 1 N–H and O–H groups in total. The van der Waals surface area contributed by atoms with Crippen molar-refractivity contribution in [3.05, 3.63) is 71.7 Å². The number of para-hydroxylation sites is 1. The largest absolute Gasteiger partial charge is 0.362 e. The van der Waals surface area contributed by atoms with Gasteiger partial charge in [0.2, 0.25) is 0 Å². The van der Waals surface area contributed by atoms with Crippen molar-refractivity contribution in [2.24, 2.45) is 0 Å². The van der Waals surface area contributed by atoms with E-state index in [0.717, 1.165) is 12.1 Å². The summed E-state index contributed by atoms with van der Waals surface area (Å²) in [7, 11) is 1.62. The topological polar surface area (TPSA) is 18.5 Å². The molecular weight excluding hydrogens is 327 g/mol. The van der Waals surface area contributed by atoms with Gasteiger partial charge in [-0.3, -0.25) is 0 Å². The molecule has 1 heterocycles. The molecule has 0 aliphatic carbocycles. The standard InChI is InChI=1S/C16H13ClF3N3/c1-22-16(21-14-8-3-2-5-11(14)18)10(9-23(22)17)15-12(19)6-4-7-13(15)20/h2-9,16,21H,1H3. The van der Waals surface area contributed by atoms with Crippen molar-refractivity contribution in [2.45, 2.75) is 6.17 Å². The molecule has 3 nitrogen and oxygen atoms in total. The predicted molar refractivity (Wildman–Crippen MR) is 83.6 cm³/mol. The van der Waals surface area contributed by atoms with E-state index in [2.05, 4.69) is 5.32 Å². The van der Waals surface area contributed by atoms with E-state index in [1.807, 2.05) is 0 Å². The number of hydrazine groups is 1. The van der Waals surface area contributed by atoms with Crippen LogP contribution in [0, 0.1) is 17.5 Å². The third-order valence-corrected chi connectivity index (χ3v) is 3.97. The maximum Gasteiger partial charge on any atom is 0.146 e. The Labute approximate surface area is 136 Å². The second-order valence-corrected chi connectivity index (χ2v) is 5.42. The summed E-state index contributed by atoms with van der Waals surface area (Å²) in [6.45, 7) is 0. The maximum atomic E-state index is 14.1. The first-order valence-electron chi connectivity index (χ1n) is 6.84. The van der Waals surface area contributed by atoms with E-state index in [1.165, 1.54) is 33.9 Å². The third-order valence-electron chi connectivity index (χ3n) is 3.63. The third kappa shape index (κ3) is 2.87. The Morgan fingerprint density at radius 1 is 0.957 bits per heavy atom. The molecule has 1 aliphatic rings. The van der Waals surface area contributed by atoms with E-state index in [-0.39, 0.29) is 16.8 Å². The van der Waals surface area contributed by atoms with Crippen molar-refractivity contribution in [3.8, 4) is 0 Å². The summed E-state index contributed by atoms with van der Waals surface area (Å²) in [5, 5.41) is 4.41. The summed E-state index contributed by atoms with van der Waals surface area (Å²) in [6, 6.07) is 9.65. The molecule has 0 aromatic heterocycles. The highest BCUT2D eigenvalue weighted by Crippen LogP contribution is 2.34. The zero-order chi connectivity index (χ0) is 16.6. The summed E-state index contributed by atoms with van der Waals surface area (Å²) in [5.74, 6) is -1.89. The van der Waals surface area contributed by atoms with Crippen LogP contribution in [0.1, 0.15) is 5.56 Å². The van der Waals surface area contributed by atoms with Crippen molar-refractivity contribution in [1.82, 2.24) is 9.54 Å². The monoisotopic (exact) mass is 339 g/mol. The summed E-state index contributed by atoms with van der Waals surface area (Å²) < 4.78 is 43.2. The molecule has 0 bridgehead atoms. The Morgan fingerprint density at radius 2 is 1.57 bits per heavy atom. The van der Waals surface area contributed by atoms with E-state index in [0.29, 0.717) is 0 Å². The summed E-state index contributed by atoms with van der Waals surface area (Å²) in [4.78, 5) is 0. The molecule has 0 saturated heterocycles. The summed E-state index contributed by atoms with van der Waals surface area (Å²) in [5.41, 5.74) is 0.275. The molecule has 1 unspecified atom stereocenters. The van der Waals surface area contributed by atoms with Gasteiger partial charge in [0.25, 0.3) is 0 Å². The van der Waals surface area contributed by atoms with E-state index < -0.39 is 23.6 Å². The molecule has 0 saturated carbocycles. The number of anilines is 1. The Balaban J connectivity index is 2.01. The molecule has 1 aliphatic heterocycles. The molecule has 7 heteroatoms. The molecule has 3 rings (SSSR count). The van der Waals surface area contributed by atoms with Crippen LogP contribution in [0.3, 0.4) is 0 Å². The molecular formula is C16H13ClF3N3. The average Bonchev–Trinajstić information content (AvgIpc) is 2.78. The second kappa shape index (κ2) is 6.14. The van der Waals surface area contributed by atoms with Crippen LogP contribution in [0.5, 0.6) is 0 Å². The van der Waals surface area contributed by atoms with Crippen molar-refractivity contribution in [3.63, 3.8) is 0 Å². The lowest BCUT2D eigenvalue weighted by molar-refractivity contribution is 0.151. The van der Waals surface area contributed by atoms with Gasteiger partial charge in [-0.2, -0.15) is 5.01 Å². The zero-order valence-electron chi connectivity index (χ0n) is 12.1. The number of halogens is 4. The van der Waals surface area contributed by atoms with Crippen LogP contribution in [0.25, 0.3) is 5.57 Å². The first-order valence-corrected chi connectivity index (χ1v) is 7.18. The number of benzene rings is 2. The minimum atomic E-state index is -0.726. The highest BCUT2D eigenvalue weighted by atomic mass is 35.5. The normalized spacial score (nSPS) is 18.2. The molecule has 0 amide bonds. The van der Waals surface area contributed by atoms with Gasteiger partial charge < -0.3 is 5.32 Å². The van der Waals surface area contributed by atoms with Crippen LogP contribution >= 0.6 is 11.8 Å². The molecule has 0 fully saturated rings. The first kappa shape index (κ1) is 15.7. The van der Waals surface area contributed by atoms with Crippen LogP contribution in [0.2, 0.25) is 0 Å². The van der Waals surface area contributed by atoms with Crippen molar-refractivity contribution < 1.29 is 13.2 Å². The highest BCUT2D eigenvalue weighted by molar-refractivity contribution is 6.14. The number of nitrogens with one attached hydrogen (secondary N) is 1. The van der Waals surface area contributed by atoms with Gasteiger partial charge in [-0.05, 0) is 24.3 Å². The maximum absolute atomic E-state index is 14.1. The summed E-state index contributed by atoms with van der Waals surface area (Å²) in [6.07, 6.45) is 0.664. The van der Waals surface area contributed by atoms with Gasteiger partial charge in [-0.15, -0.1) is 0 Å². The summed E-state index contributed by atoms with van der Waals surface area (Å²) >= 11 is 6.02. The van der Waals surface area contributed by atoms with E-state index in [1.54, 1.807) is 19.2 Å². The minimum absolute atomic E-state index is 0.198.